The number of unbranched alkanes of at least 4 members (excludes halogenated alkanes) is 1. The van der Waals surface area contributed by atoms with Crippen molar-refractivity contribution in [2.24, 2.45) is 0 Å². The van der Waals surface area contributed by atoms with Gasteiger partial charge in [-0.05, 0) is 26.6 Å². The van der Waals surface area contributed by atoms with Gasteiger partial charge in [0.05, 0.1) is 6.54 Å². The molecule has 0 aliphatic heterocycles. The van der Waals surface area contributed by atoms with Crippen LogP contribution in [0.2, 0.25) is 0 Å². The standard InChI is InChI=1S/C11H25N3O/c1-4-6-7-12-10-11(15)13-8-9-14(3)5-2/h12H,4-10H2,1-3H3,(H,13,15). The summed E-state index contributed by atoms with van der Waals surface area (Å²) in [4.78, 5) is 13.5. The van der Waals surface area contributed by atoms with Crippen molar-refractivity contribution in [3.63, 3.8) is 0 Å². The monoisotopic (exact) mass is 215 g/mol. The summed E-state index contributed by atoms with van der Waals surface area (Å²) in [6.07, 6.45) is 2.29. The molecular weight excluding hydrogens is 190 g/mol. The van der Waals surface area contributed by atoms with Gasteiger partial charge in [-0.2, -0.15) is 0 Å². The topological polar surface area (TPSA) is 44.4 Å². The van der Waals surface area contributed by atoms with Crippen LogP contribution in [0.5, 0.6) is 0 Å². The van der Waals surface area contributed by atoms with Gasteiger partial charge in [-0.25, -0.2) is 0 Å². The van der Waals surface area contributed by atoms with Gasteiger partial charge >= 0.3 is 0 Å². The Hall–Kier alpha value is -0.610. The highest BCUT2D eigenvalue weighted by atomic mass is 16.1. The van der Waals surface area contributed by atoms with E-state index in [0.29, 0.717) is 6.54 Å². The van der Waals surface area contributed by atoms with Crippen LogP contribution in [0, 0.1) is 0 Å². The minimum absolute atomic E-state index is 0.0932. The van der Waals surface area contributed by atoms with Crippen LogP contribution >= 0.6 is 0 Å². The maximum atomic E-state index is 11.3. The molecule has 0 aromatic carbocycles. The Kier molecular flexibility index (Phi) is 9.52. The Morgan fingerprint density at radius 2 is 2.00 bits per heavy atom. The molecule has 0 radical (unpaired) electrons. The van der Waals surface area contributed by atoms with Crippen LogP contribution in [0.25, 0.3) is 0 Å². The molecule has 2 N–H and O–H groups in total. The van der Waals surface area contributed by atoms with E-state index >= 15 is 0 Å². The van der Waals surface area contributed by atoms with Gasteiger partial charge in [-0.15, -0.1) is 0 Å². The van der Waals surface area contributed by atoms with E-state index in [1.807, 2.05) is 7.05 Å². The first-order chi connectivity index (χ1) is 7.20. The number of nitrogens with zero attached hydrogens (tertiary/aromatic N) is 1. The number of amides is 1. The van der Waals surface area contributed by atoms with E-state index in [1.165, 1.54) is 0 Å². The molecule has 90 valence electrons. The Morgan fingerprint density at radius 3 is 2.60 bits per heavy atom. The minimum atomic E-state index is 0.0932. The summed E-state index contributed by atoms with van der Waals surface area (Å²) >= 11 is 0. The zero-order valence-corrected chi connectivity index (χ0v) is 10.3. The van der Waals surface area contributed by atoms with E-state index in [9.17, 15) is 4.79 Å². The largest absolute Gasteiger partial charge is 0.354 e. The predicted molar refractivity (Wildman–Crippen MR) is 64.0 cm³/mol. The Bertz CT molecular complexity index is 162. The molecule has 1 amide bonds. The van der Waals surface area contributed by atoms with Crippen molar-refractivity contribution in [1.82, 2.24) is 15.5 Å². The lowest BCUT2D eigenvalue weighted by Gasteiger charge is -2.14. The van der Waals surface area contributed by atoms with Gasteiger partial charge in [-0.3, -0.25) is 4.79 Å². The number of rotatable bonds is 9. The summed E-state index contributed by atoms with van der Waals surface area (Å²) in [6, 6.07) is 0. The molecule has 0 bridgehead atoms. The molecule has 0 fully saturated rings. The summed E-state index contributed by atoms with van der Waals surface area (Å²) in [5, 5.41) is 5.99. The number of carbonyl (C=O) groups is 1. The maximum absolute atomic E-state index is 11.3. The van der Waals surface area contributed by atoms with Gasteiger partial charge in [0.25, 0.3) is 0 Å². The Balaban J connectivity index is 3.26. The molecule has 0 aromatic heterocycles. The molecule has 0 aliphatic rings. The third-order valence-electron chi connectivity index (χ3n) is 2.35. The minimum Gasteiger partial charge on any atom is -0.354 e. The van der Waals surface area contributed by atoms with Crippen molar-refractivity contribution in [3.05, 3.63) is 0 Å². The third kappa shape index (κ3) is 9.69. The normalized spacial score (nSPS) is 10.7. The average molecular weight is 215 g/mol. The van der Waals surface area contributed by atoms with E-state index < -0.39 is 0 Å². The molecule has 0 rings (SSSR count). The van der Waals surface area contributed by atoms with Gasteiger partial charge in [0.2, 0.25) is 5.91 Å². The maximum Gasteiger partial charge on any atom is 0.234 e. The number of hydrogen-bond donors (Lipinski definition) is 2. The molecule has 15 heavy (non-hydrogen) atoms. The van der Waals surface area contributed by atoms with Crippen LogP contribution in [-0.4, -0.2) is 50.6 Å². The quantitative estimate of drug-likeness (QED) is 0.549. The van der Waals surface area contributed by atoms with Crippen LogP contribution in [0.15, 0.2) is 0 Å². The average Bonchev–Trinajstić information content (AvgIpc) is 2.24. The van der Waals surface area contributed by atoms with Crippen molar-refractivity contribution < 1.29 is 4.79 Å². The number of hydrogen-bond acceptors (Lipinski definition) is 3. The third-order valence-corrected chi connectivity index (χ3v) is 2.35. The number of carbonyl (C=O) groups excluding carboxylic acids is 1. The molecule has 0 aliphatic carbocycles. The fraction of sp³-hybridized carbons (Fsp3) is 0.909. The molecule has 0 saturated heterocycles. The molecule has 0 spiro atoms. The fourth-order valence-corrected chi connectivity index (χ4v) is 1.11. The Morgan fingerprint density at radius 1 is 1.27 bits per heavy atom. The molecule has 0 atom stereocenters. The highest BCUT2D eigenvalue weighted by Crippen LogP contribution is 1.81. The second kappa shape index (κ2) is 9.93. The molecule has 0 heterocycles. The Labute approximate surface area is 93.4 Å². The van der Waals surface area contributed by atoms with E-state index in [2.05, 4.69) is 29.4 Å². The fourth-order valence-electron chi connectivity index (χ4n) is 1.11. The smallest absolute Gasteiger partial charge is 0.234 e. The number of nitrogens with one attached hydrogen (secondary N) is 2. The first kappa shape index (κ1) is 14.4. The predicted octanol–water partition coefficient (Wildman–Crippen LogP) is 0.444. The van der Waals surface area contributed by atoms with Gasteiger partial charge in [-0.1, -0.05) is 20.3 Å². The second-order valence-corrected chi connectivity index (χ2v) is 3.78. The summed E-state index contributed by atoms with van der Waals surface area (Å²) in [5.74, 6) is 0.0932. The van der Waals surface area contributed by atoms with E-state index in [0.717, 1.165) is 39.0 Å². The molecule has 4 heteroatoms. The van der Waals surface area contributed by atoms with Gasteiger partial charge < -0.3 is 15.5 Å². The first-order valence-corrected chi connectivity index (χ1v) is 5.86. The second-order valence-electron chi connectivity index (χ2n) is 3.78. The van der Waals surface area contributed by atoms with Gasteiger partial charge in [0.1, 0.15) is 0 Å². The van der Waals surface area contributed by atoms with E-state index in [4.69, 9.17) is 0 Å². The summed E-state index contributed by atoms with van der Waals surface area (Å²) in [7, 11) is 2.05. The highest BCUT2D eigenvalue weighted by Gasteiger charge is 2.00. The van der Waals surface area contributed by atoms with Crippen molar-refractivity contribution >= 4 is 5.91 Å². The molecule has 0 aromatic rings. The summed E-state index contributed by atoms with van der Waals surface area (Å²) in [5.41, 5.74) is 0. The molecule has 0 unspecified atom stereocenters. The van der Waals surface area contributed by atoms with Crippen molar-refractivity contribution in [1.29, 1.82) is 0 Å². The van der Waals surface area contributed by atoms with Crippen LogP contribution < -0.4 is 10.6 Å². The number of likely N-dealkylation sites (N-methyl/N-ethyl adjacent to an activating group) is 1. The van der Waals surface area contributed by atoms with E-state index in [1.54, 1.807) is 0 Å². The van der Waals surface area contributed by atoms with Gasteiger partial charge in [0, 0.05) is 13.1 Å². The summed E-state index contributed by atoms with van der Waals surface area (Å²) in [6.45, 7) is 8.28. The molecular formula is C11H25N3O. The van der Waals surface area contributed by atoms with Crippen molar-refractivity contribution in [2.75, 3.05) is 39.8 Å². The lowest BCUT2D eigenvalue weighted by atomic mass is 10.3. The van der Waals surface area contributed by atoms with Crippen LogP contribution in [-0.2, 0) is 4.79 Å². The van der Waals surface area contributed by atoms with E-state index in [-0.39, 0.29) is 5.91 Å². The zero-order chi connectivity index (χ0) is 11.5. The lowest BCUT2D eigenvalue weighted by Crippen LogP contribution is -2.38. The van der Waals surface area contributed by atoms with Crippen molar-refractivity contribution in [3.8, 4) is 0 Å². The van der Waals surface area contributed by atoms with Crippen LogP contribution in [0.1, 0.15) is 26.7 Å². The van der Waals surface area contributed by atoms with Gasteiger partial charge in [0.15, 0.2) is 0 Å². The first-order valence-electron chi connectivity index (χ1n) is 5.86. The highest BCUT2D eigenvalue weighted by molar-refractivity contribution is 5.77. The van der Waals surface area contributed by atoms with Crippen LogP contribution in [0.3, 0.4) is 0 Å². The van der Waals surface area contributed by atoms with Crippen LogP contribution in [0.4, 0.5) is 0 Å². The molecule has 4 nitrogen and oxygen atoms in total. The van der Waals surface area contributed by atoms with Crippen molar-refractivity contribution in [2.45, 2.75) is 26.7 Å². The lowest BCUT2D eigenvalue weighted by molar-refractivity contribution is -0.120. The SMILES string of the molecule is CCCCNCC(=O)NCCN(C)CC. The summed E-state index contributed by atoms with van der Waals surface area (Å²) < 4.78 is 0. The molecule has 0 saturated carbocycles. The zero-order valence-electron chi connectivity index (χ0n) is 10.3.